The molecule has 1 aliphatic heterocycles. The average Bonchev–Trinajstić information content (AvgIpc) is 3.14. The standard InChI is InChI=1S/C16H18ClN3O2.ClH/c1-10-6-11(8-18)9-20(10)16(21)14-7-15(22-19-14)12-4-2-3-5-13(12)17;/h2-5,7,10-11H,6,8-9,18H2,1H3;1H. The van der Waals surface area contributed by atoms with E-state index in [2.05, 4.69) is 5.16 Å². The SMILES string of the molecule is CC1CC(CN)CN1C(=O)c1cc(-c2ccccc2Cl)on1.Cl. The number of carbonyl (C=O) groups is 1. The fourth-order valence-corrected chi connectivity index (χ4v) is 3.14. The zero-order chi connectivity index (χ0) is 15.7. The van der Waals surface area contributed by atoms with Gasteiger partial charge in [0.1, 0.15) is 0 Å². The molecule has 1 aromatic heterocycles. The molecule has 1 aromatic carbocycles. The van der Waals surface area contributed by atoms with Gasteiger partial charge in [0, 0.05) is 24.2 Å². The Labute approximate surface area is 146 Å². The van der Waals surface area contributed by atoms with E-state index in [1.807, 2.05) is 30.0 Å². The molecule has 0 bridgehead atoms. The molecule has 0 radical (unpaired) electrons. The first-order valence-corrected chi connectivity index (χ1v) is 7.70. The van der Waals surface area contributed by atoms with Crippen molar-refractivity contribution in [2.45, 2.75) is 19.4 Å². The first-order chi connectivity index (χ1) is 10.6. The molecule has 2 unspecified atom stereocenters. The van der Waals surface area contributed by atoms with Gasteiger partial charge in [-0.15, -0.1) is 12.4 Å². The summed E-state index contributed by atoms with van der Waals surface area (Å²) in [6.45, 7) is 3.30. The van der Waals surface area contributed by atoms with E-state index in [0.29, 0.717) is 35.5 Å². The molecule has 7 heteroatoms. The maximum atomic E-state index is 12.6. The molecule has 1 aliphatic rings. The van der Waals surface area contributed by atoms with Gasteiger partial charge in [-0.1, -0.05) is 28.9 Å². The lowest BCUT2D eigenvalue weighted by atomic mass is 10.1. The predicted octanol–water partition coefficient (Wildman–Crippen LogP) is 3.23. The van der Waals surface area contributed by atoms with Gasteiger partial charge in [0.25, 0.3) is 5.91 Å². The second kappa shape index (κ2) is 7.34. The molecule has 2 heterocycles. The summed E-state index contributed by atoms with van der Waals surface area (Å²) in [5.74, 6) is 0.732. The minimum absolute atomic E-state index is 0. The second-order valence-electron chi connectivity index (χ2n) is 5.70. The van der Waals surface area contributed by atoms with Crippen LogP contribution >= 0.6 is 24.0 Å². The van der Waals surface area contributed by atoms with E-state index in [1.54, 1.807) is 12.1 Å². The monoisotopic (exact) mass is 355 g/mol. The maximum Gasteiger partial charge on any atom is 0.276 e. The number of nitrogens with two attached hydrogens (primary N) is 1. The van der Waals surface area contributed by atoms with Gasteiger partial charge >= 0.3 is 0 Å². The molecule has 3 rings (SSSR count). The molecule has 2 aromatic rings. The van der Waals surface area contributed by atoms with Crippen molar-refractivity contribution in [2.24, 2.45) is 11.7 Å². The lowest BCUT2D eigenvalue weighted by molar-refractivity contribution is 0.0733. The number of nitrogens with zero attached hydrogens (tertiary/aromatic N) is 2. The number of benzene rings is 1. The number of carbonyl (C=O) groups excluding carboxylic acids is 1. The van der Waals surface area contributed by atoms with Crippen LogP contribution in [0.1, 0.15) is 23.8 Å². The third-order valence-electron chi connectivity index (χ3n) is 4.12. The summed E-state index contributed by atoms with van der Waals surface area (Å²) in [5.41, 5.74) is 6.74. The van der Waals surface area contributed by atoms with E-state index >= 15 is 0 Å². The Morgan fingerprint density at radius 3 is 2.87 bits per heavy atom. The number of rotatable bonds is 3. The zero-order valence-corrected chi connectivity index (χ0v) is 14.3. The van der Waals surface area contributed by atoms with Gasteiger partial charge in [-0.2, -0.15) is 0 Å². The number of halogens is 2. The predicted molar refractivity (Wildman–Crippen MR) is 91.9 cm³/mol. The van der Waals surface area contributed by atoms with E-state index in [-0.39, 0.29) is 24.4 Å². The molecule has 23 heavy (non-hydrogen) atoms. The van der Waals surface area contributed by atoms with Crippen LogP contribution in [0.25, 0.3) is 11.3 Å². The number of hydrogen-bond donors (Lipinski definition) is 1. The Kier molecular flexibility index (Phi) is 5.68. The van der Waals surface area contributed by atoms with Crippen LogP contribution in [-0.4, -0.2) is 35.1 Å². The highest BCUT2D eigenvalue weighted by molar-refractivity contribution is 6.33. The Balaban J connectivity index is 0.00000192. The minimum Gasteiger partial charge on any atom is -0.355 e. The fraction of sp³-hybridized carbons (Fsp3) is 0.375. The smallest absolute Gasteiger partial charge is 0.276 e. The van der Waals surface area contributed by atoms with Gasteiger partial charge in [0.05, 0.1) is 5.02 Å². The molecule has 0 spiro atoms. The highest BCUT2D eigenvalue weighted by Gasteiger charge is 2.33. The highest BCUT2D eigenvalue weighted by Crippen LogP contribution is 2.29. The quantitative estimate of drug-likeness (QED) is 0.917. The van der Waals surface area contributed by atoms with Crippen molar-refractivity contribution in [3.8, 4) is 11.3 Å². The first-order valence-electron chi connectivity index (χ1n) is 7.32. The summed E-state index contributed by atoms with van der Waals surface area (Å²) < 4.78 is 5.29. The summed E-state index contributed by atoms with van der Waals surface area (Å²) in [4.78, 5) is 14.4. The number of hydrogen-bond acceptors (Lipinski definition) is 4. The summed E-state index contributed by atoms with van der Waals surface area (Å²) in [7, 11) is 0. The van der Waals surface area contributed by atoms with Crippen LogP contribution < -0.4 is 5.73 Å². The van der Waals surface area contributed by atoms with Crippen LogP contribution in [0.3, 0.4) is 0 Å². The molecule has 5 nitrogen and oxygen atoms in total. The van der Waals surface area contributed by atoms with Crippen molar-refractivity contribution in [2.75, 3.05) is 13.1 Å². The lowest BCUT2D eigenvalue weighted by Crippen LogP contribution is -2.34. The summed E-state index contributed by atoms with van der Waals surface area (Å²) in [6, 6.07) is 9.12. The van der Waals surface area contributed by atoms with Gasteiger partial charge in [0.2, 0.25) is 0 Å². The molecule has 0 aliphatic carbocycles. The average molecular weight is 356 g/mol. The van der Waals surface area contributed by atoms with Crippen LogP contribution in [0.4, 0.5) is 0 Å². The van der Waals surface area contributed by atoms with E-state index in [1.165, 1.54) is 0 Å². The minimum atomic E-state index is -0.120. The molecule has 2 atom stereocenters. The topological polar surface area (TPSA) is 72.4 Å². The van der Waals surface area contributed by atoms with E-state index < -0.39 is 0 Å². The van der Waals surface area contributed by atoms with Gasteiger partial charge in [-0.3, -0.25) is 4.79 Å². The fourth-order valence-electron chi connectivity index (χ4n) is 2.91. The van der Waals surface area contributed by atoms with Crippen LogP contribution in [-0.2, 0) is 0 Å². The van der Waals surface area contributed by atoms with E-state index in [0.717, 1.165) is 12.0 Å². The Morgan fingerprint density at radius 1 is 1.48 bits per heavy atom. The number of aromatic nitrogens is 1. The third kappa shape index (κ3) is 3.52. The molecule has 2 N–H and O–H groups in total. The Hall–Kier alpha value is -1.56. The summed E-state index contributed by atoms with van der Waals surface area (Å²) in [6.07, 6.45) is 0.928. The molecule has 1 saturated heterocycles. The largest absolute Gasteiger partial charge is 0.355 e. The van der Waals surface area contributed by atoms with Crippen molar-refractivity contribution >= 4 is 29.9 Å². The van der Waals surface area contributed by atoms with Gasteiger partial charge < -0.3 is 15.2 Å². The second-order valence-corrected chi connectivity index (χ2v) is 6.11. The van der Waals surface area contributed by atoms with Crippen molar-refractivity contribution in [3.63, 3.8) is 0 Å². The molecular weight excluding hydrogens is 337 g/mol. The van der Waals surface area contributed by atoms with Crippen LogP contribution in [0, 0.1) is 5.92 Å². The van der Waals surface area contributed by atoms with E-state index in [4.69, 9.17) is 21.9 Å². The van der Waals surface area contributed by atoms with Crippen LogP contribution in [0.2, 0.25) is 5.02 Å². The highest BCUT2D eigenvalue weighted by atomic mass is 35.5. The summed E-state index contributed by atoms with van der Waals surface area (Å²) >= 11 is 6.14. The van der Waals surface area contributed by atoms with Crippen molar-refractivity contribution in [1.29, 1.82) is 0 Å². The zero-order valence-electron chi connectivity index (χ0n) is 12.7. The van der Waals surface area contributed by atoms with Crippen molar-refractivity contribution < 1.29 is 9.32 Å². The van der Waals surface area contributed by atoms with Gasteiger partial charge in [-0.25, -0.2) is 0 Å². The molecule has 1 fully saturated rings. The van der Waals surface area contributed by atoms with E-state index in [9.17, 15) is 4.79 Å². The number of amides is 1. The molecule has 1 amide bonds. The molecule has 0 saturated carbocycles. The lowest BCUT2D eigenvalue weighted by Gasteiger charge is -2.19. The molecular formula is C16H19Cl2N3O2. The maximum absolute atomic E-state index is 12.6. The first kappa shape index (κ1) is 17.8. The van der Waals surface area contributed by atoms with Gasteiger partial charge in [0.15, 0.2) is 11.5 Å². The van der Waals surface area contributed by atoms with Crippen LogP contribution in [0.15, 0.2) is 34.9 Å². The van der Waals surface area contributed by atoms with Crippen molar-refractivity contribution in [3.05, 3.63) is 41.0 Å². The third-order valence-corrected chi connectivity index (χ3v) is 4.45. The van der Waals surface area contributed by atoms with Gasteiger partial charge in [-0.05, 0) is 37.9 Å². The Bertz CT molecular complexity index is 689. The number of likely N-dealkylation sites (tertiary alicyclic amines) is 1. The molecule has 124 valence electrons. The van der Waals surface area contributed by atoms with Crippen LogP contribution in [0.5, 0.6) is 0 Å². The normalized spacial score (nSPS) is 20.4. The van der Waals surface area contributed by atoms with Crippen molar-refractivity contribution in [1.82, 2.24) is 10.1 Å². The Morgan fingerprint density at radius 2 is 2.22 bits per heavy atom. The summed E-state index contributed by atoms with van der Waals surface area (Å²) in [5, 5.41) is 4.47.